The van der Waals surface area contributed by atoms with E-state index in [1.807, 2.05) is 37.3 Å². The summed E-state index contributed by atoms with van der Waals surface area (Å²) < 4.78 is 10.5. The Labute approximate surface area is 173 Å². The lowest BCUT2D eigenvalue weighted by Crippen LogP contribution is -2.28. The molecular weight excluding hydrogens is 384 g/mol. The van der Waals surface area contributed by atoms with E-state index in [2.05, 4.69) is 15.5 Å². The fraction of sp³-hybridized carbons (Fsp3) is 0.273. The van der Waals surface area contributed by atoms with E-state index < -0.39 is 5.92 Å². The van der Waals surface area contributed by atoms with Crippen molar-refractivity contribution in [2.24, 2.45) is 5.92 Å². The predicted octanol–water partition coefficient (Wildman–Crippen LogP) is 3.30. The number of nitrogens with one attached hydrogen (secondary N) is 1. The molecule has 154 valence electrons. The minimum absolute atomic E-state index is 0.0851. The topological polar surface area (TPSA) is 97.6 Å². The zero-order valence-electron chi connectivity index (χ0n) is 16.8. The molecule has 1 aromatic heterocycles. The van der Waals surface area contributed by atoms with E-state index in [-0.39, 0.29) is 18.2 Å². The van der Waals surface area contributed by atoms with Crippen LogP contribution in [0.3, 0.4) is 0 Å². The van der Waals surface area contributed by atoms with Gasteiger partial charge in [0.15, 0.2) is 5.82 Å². The summed E-state index contributed by atoms with van der Waals surface area (Å²) in [5.41, 5.74) is 1.97. The number of rotatable bonds is 6. The van der Waals surface area contributed by atoms with Crippen LogP contribution in [0.1, 0.15) is 19.2 Å². The first-order chi connectivity index (χ1) is 14.6. The molecule has 0 aliphatic carbocycles. The van der Waals surface area contributed by atoms with Crippen LogP contribution in [0.15, 0.2) is 53.1 Å². The minimum Gasteiger partial charge on any atom is -0.497 e. The van der Waals surface area contributed by atoms with Crippen LogP contribution in [-0.4, -0.2) is 35.6 Å². The summed E-state index contributed by atoms with van der Waals surface area (Å²) in [6, 6.07) is 14.5. The molecule has 0 bridgehead atoms. The smallest absolute Gasteiger partial charge is 0.260 e. The molecule has 2 aromatic carbocycles. The maximum Gasteiger partial charge on any atom is 0.260 e. The molecule has 0 radical (unpaired) electrons. The van der Waals surface area contributed by atoms with Crippen LogP contribution < -0.4 is 15.0 Å². The molecule has 0 spiro atoms. The van der Waals surface area contributed by atoms with Gasteiger partial charge in [-0.15, -0.1) is 0 Å². The summed E-state index contributed by atoms with van der Waals surface area (Å²) in [4.78, 5) is 31.4. The number of ether oxygens (including phenoxy) is 1. The van der Waals surface area contributed by atoms with Crippen LogP contribution in [0, 0.1) is 5.92 Å². The highest BCUT2D eigenvalue weighted by atomic mass is 16.5. The quantitative estimate of drug-likeness (QED) is 0.675. The van der Waals surface area contributed by atoms with Gasteiger partial charge >= 0.3 is 0 Å². The van der Waals surface area contributed by atoms with Crippen molar-refractivity contribution in [1.29, 1.82) is 0 Å². The number of methoxy groups -OCH3 is 1. The number of carbonyl (C=O) groups is 2. The average Bonchev–Trinajstić information content (AvgIpc) is 3.41. The lowest BCUT2D eigenvalue weighted by Gasteiger charge is -2.17. The number of hydrogen-bond donors (Lipinski definition) is 1. The Hall–Kier alpha value is -3.68. The summed E-state index contributed by atoms with van der Waals surface area (Å²) in [6.07, 6.45) is 0.810. The first-order valence-electron chi connectivity index (χ1n) is 9.76. The van der Waals surface area contributed by atoms with E-state index in [1.54, 1.807) is 30.2 Å². The van der Waals surface area contributed by atoms with Gasteiger partial charge in [-0.25, -0.2) is 0 Å². The van der Waals surface area contributed by atoms with Crippen LogP contribution in [0.4, 0.5) is 11.4 Å². The van der Waals surface area contributed by atoms with Gasteiger partial charge in [0.1, 0.15) is 5.75 Å². The number of benzene rings is 2. The Kier molecular flexibility index (Phi) is 5.47. The highest BCUT2D eigenvalue weighted by Gasteiger charge is 2.35. The predicted molar refractivity (Wildman–Crippen MR) is 111 cm³/mol. The fourth-order valence-corrected chi connectivity index (χ4v) is 3.42. The van der Waals surface area contributed by atoms with Crippen molar-refractivity contribution in [3.63, 3.8) is 0 Å². The Morgan fingerprint density at radius 1 is 1.23 bits per heavy atom. The van der Waals surface area contributed by atoms with E-state index in [1.165, 1.54) is 0 Å². The van der Waals surface area contributed by atoms with E-state index in [4.69, 9.17) is 9.26 Å². The van der Waals surface area contributed by atoms with Crippen molar-refractivity contribution in [1.82, 2.24) is 10.1 Å². The first-order valence-corrected chi connectivity index (χ1v) is 9.76. The average molecular weight is 406 g/mol. The highest BCUT2D eigenvalue weighted by molar-refractivity contribution is 6.04. The number of aryl methyl sites for hydroxylation is 1. The van der Waals surface area contributed by atoms with E-state index in [0.29, 0.717) is 41.7 Å². The second kappa shape index (κ2) is 8.36. The summed E-state index contributed by atoms with van der Waals surface area (Å²) >= 11 is 0. The van der Waals surface area contributed by atoms with E-state index in [0.717, 1.165) is 5.69 Å². The van der Waals surface area contributed by atoms with Crippen molar-refractivity contribution >= 4 is 23.2 Å². The van der Waals surface area contributed by atoms with Crippen LogP contribution in [-0.2, 0) is 16.0 Å². The third-order valence-corrected chi connectivity index (χ3v) is 5.08. The minimum atomic E-state index is -0.457. The Bertz CT molecular complexity index is 1060. The van der Waals surface area contributed by atoms with E-state index in [9.17, 15) is 9.59 Å². The molecule has 8 nitrogen and oxygen atoms in total. The Morgan fingerprint density at radius 2 is 2.00 bits per heavy atom. The molecule has 30 heavy (non-hydrogen) atoms. The second-order valence-corrected chi connectivity index (χ2v) is 7.01. The third kappa shape index (κ3) is 3.89. The van der Waals surface area contributed by atoms with Crippen molar-refractivity contribution in [2.75, 3.05) is 23.9 Å². The normalized spacial score (nSPS) is 16.0. The van der Waals surface area contributed by atoms with Crippen LogP contribution in [0.25, 0.3) is 11.5 Å². The van der Waals surface area contributed by atoms with Crippen LogP contribution in [0.5, 0.6) is 5.75 Å². The highest BCUT2D eigenvalue weighted by Crippen LogP contribution is 2.30. The maximum atomic E-state index is 12.9. The van der Waals surface area contributed by atoms with Crippen LogP contribution >= 0.6 is 0 Å². The fourth-order valence-electron chi connectivity index (χ4n) is 3.42. The zero-order chi connectivity index (χ0) is 21.1. The Balaban J connectivity index is 1.49. The molecule has 2 heterocycles. The molecule has 1 saturated heterocycles. The number of amides is 2. The monoisotopic (exact) mass is 406 g/mol. The van der Waals surface area contributed by atoms with Gasteiger partial charge in [0, 0.05) is 25.1 Å². The van der Waals surface area contributed by atoms with Gasteiger partial charge in [-0.2, -0.15) is 4.98 Å². The van der Waals surface area contributed by atoms with Gasteiger partial charge in [-0.3, -0.25) is 9.59 Å². The zero-order valence-corrected chi connectivity index (χ0v) is 16.8. The van der Waals surface area contributed by atoms with Gasteiger partial charge in [0.2, 0.25) is 11.8 Å². The van der Waals surface area contributed by atoms with Gasteiger partial charge < -0.3 is 19.5 Å². The van der Waals surface area contributed by atoms with Crippen LogP contribution in [0.2, 0.25) is 0 Å². The lowest BCUT2D eigenvalue weighted by atomic mass is 10.1. The number of anilines is 2. The van der Waals surface area contributed by atoms with Crippen molar-refractivity contribution in [3.05, 3.63) is 54.4 Å². The second-order valence-electron chi connectivity index (χ2n) is 7.01. The van der Waals surface area contributed by atoms with Gasteiger partial charge in [-0.05, 0) is 36.4 Å². The number of para-hydroxylation sites is 1. The largest absolute Gasteiger partial charge is 0.497 e. The van der Waals surface area contributed by atoms with Crippen molar-refractivity contribution in [2.45, 2.75) is 19.8 Å². The molecule has 1 aliphatic heterocycles. The maximum absolute atomic E-state index is 12.9. The molecule has 1 N–H and O–H groups in total. The summed E-state index contributed by atoms with van der Waals surface area (Å²) in [5, 5.41) is 6.84. The SMILES string of the molecule is CCc1noc(-c2ccccc2NC(=O)[C@@H]2CC(=O)N(c3ccc(OC)cc3)C2)n1. The molecule has 1 fully saturated rings. The summed E-state index contributed by atoms with van der Waals surface area (Å²) in [7, 11) is 1.59. The molecule has 8 heteroatoms. The first kappa shape index (κ1) is 19.6. The number of nitrogens with zero attached hydrogens (tertiary/aromatic N) is 3. The third-order valence-electron chi connectivity index (χ3n) is 5.08. The molecular formula is C22H22N4O4. The molecule has 1 aliphatic rings. The molecule has 4 rings (SSSR count). The summed E-state index contributed by atoms with van der Waals surface area (Å²) in [6.45, 7) is 2.26. The molecule has 0 unspecified atom stereocenters. The standard InChI is InChI=1S/C22H22N4O4/c1-3-19-24-22(30-25-19)17-6-4-5-7-18(17)23-21(28)14-12-20(27)26(13-14)15-8-10-16(29-2)11-9-15/h4-11,14H,3,12-13H2,1-2H3,(H,23,28)/t14-/m1/s1. The van der Waals surface area contributed by atoms with Crippen molar-refractivity contribution < 1.29 is 18.8 Å². The number of hydrogen-bond acceptors (Lipinski definition) is 6. The number of aromatic nitrogens is 2. The molecule has 1 atom stereocenters. The molecule has 0 saturated carbocycles. The van der Waals surface area contributed by atoms with Gasteiger partial charge in [0.25, 0.3) is 5.89 Å². The van der Waals surface area contributed by atoms with Crippen molar-refractivity contribution in [3.8, 4) is 17.2 Å². The summed E-state index contributed by atoms with van der Waals surface area (Å²) in [5.74, 6) is 0.901. The molecule has 3 aromatic rings. The van der Waals surface area contributed by atoms with Gasteiger partial charge in [-0.1, -0.05) is 24.2 Å². The molecule has 2 amide bonds. The van der Waals surface area contributed by atoms with Gasteiger partial charge in [0.05, 0.1) is 24.3 Å². The lowest BCUT2D eigenvalue weighted by molar-refractivity contribution is -0.122. The number of carbonyl (C=O) groups excluding carboxylic acids is 2. The Morgan fingerprint density at radius 3 is 2.70 bits per heavy atom. The van der Waals surface area contributed by atoms with E-state index >= 15 is 0 Å².